The van der Waals surface area contributed by atoms with Crippen LogP contribution in [0.2, 0.25) is 0 Å². The molecular formula is C31H35BrN2O3. The zero-order valence-electron chi connectivity index (χ0n) is 21.9. The monoisotopic (exact) mass is 562 g/mol. The topological polar surface area (TPSA) is 69.6 Å². The largest absolute Gasteiger partial charge is 0.481 e. The lowest BCUT2D eigenvalue weighted by atomic mass is 9.87. The third-order valence-electron chi connectivity index (χ3n) is 6.16. The second-order valence-electron chi connectivity index (χ2n) is 10.2. The predicted molar refractivity (Wildman–Crippen MR) is 155 cm³/mol. The molecule has 0 aliphatic heterocycles. The van der Waals surface area contributed by atoms with Crippen LogP contribution in [-0.2, 0) is 16.8 Å². The number of nitrogens with one attached hydrogen (secondary N) is 1. The Kier molecular flexibility index (Phi) is 9.70. The van der Waals surface area contributed by atoms with Gasteiger partial charge in [-0.15, -0.1) is 0 Å². The van der Waals surface area contributed by atoms with Gasteiger partial charge in [-0.25, -0.2) is 4.79 Å². The lowest BCUT2D eigenvalue weighted by molar-refractivity contribution is -0.136. The summed E-state index contributed by atoms with van der Waals surface area (Å²) in [5.74, 6) is -0.802. The number of amides is 2. The number of anilines is 1. The molecule has 0 saturated carbocycles. The predicted octanol–water partition coefficient (Wildman–Crippen LogP) is 8.10. The highest BCUT2D eigenvalue weighted by Crippen LogP contribution is 2.26. The van der Waals surface area contributed by atoms with Gasteiger partial charge < -0.3 is 10.4 Å². The summed E-state index contributed by atoms with van der Waals surface area (Å²) in [6.07, 6.45) is 4.39. The number of rotatable bonds is 9. The maximum atomic E-state index is 13.5. The van der Waals surface area contributed by atoms with Crippen LogP contribution in [0.1, 0.15) is 68.8 Å². The number of allylic oxidation sites excluding steroid dienone is 1. The Morgan fingerprint density at radius 1 is 0.973 bits per heavy atom. The molecular weight excluding hydrogens is 528 g/mol. The van der Waals surface area contributed by atoms with Crippen LogP contribution in [0.4, 0.5) is 10.5 Å². The van der Waals surface area contributed by atoms with Gasteiger partial charge in [-0.1, -0.05) is 97.4 Å². The Morgan fingerprint density at radius 3 is 2.16 bits per heavy atom. The van der Waals surface area contributed by atoms with Gasteiger partial charge in [0.25, 0.3) is 0 Å². The first-order valence-electron chi connectivity index (χ1n) is 12.4. The minimum atomic E-state index is -0.802. The number of benzene rings is 3. The fourth-order valence-corrected chi connectivity index (χ4v) is 4.13. The number of aliphatic carboxylic acids is 1. The Labute approximate surface area is 228 Å². The third kappa shape index (κ3) is 8.60. The minimum absolute atomic E-state index is 0.0233. The summed E-state index contributed by atoms with van der Waals surface area (Å²) in [6.45, 7) is 8.91. The van der Waals surface area contributed by atoms with Gasteiger partial charge in [0.1, 0.15) is 0 Å². The van der Waals surface area contributed by atoms with E-state index in [2.05, 4.69) is 54.2 Å². The van der Waals surface area contributed by atoms with Crippen LogP contribution in [0.15, 0.2) is 83.3 Å². The van der Waals surface area contributed by atoms with E-state index in [9.17, 15) is 9.59 Å². The summed E-state index contributed by atoms with van der Waals surface area (Å²) in [5.41, 5.74) is 5.07. The van der Waals surface area contributed by atoms with E-state index in [0.717, 1.165) is 26.9 Å². The first-order chi connectivity index (χ1) is 17.5. The molecule has 0 saturated heterocycles. The fraction of sp³-hybridized carbons (Fsp3) is 0.290. The lowest BCUT2D eigenvalue weighted by Gasteiger charge is -2.27. The van der Waals surface area contributed by atoms with Crippen molar-refractivity contribution in [3.05, 3.63) is 106 Å². The molecule has 1 atom stereocenters. The Balaban J connectivity index is 1.80. The zero-order valence-corrected chi connectivity index (χ0v) is 23.5. The molecule has 37 heavy (non-hydrogen) atoms. The molecule has 3 aromatic rings. The van der Waals surface area contributed by atoms with E-state index in [0.29, 0.717) is 13.0 Å². The van der Waals surface area contributed by atoms with Gasteiger partial charge in [0.2, 0.25) is 0 Å². The number of hydrogen-bond acceptors (Lipinski definition) is 2. The molecule has 2 N–H and O–H groups in total. The van der Waals surface area contributed by atoms with E-state index in [1.807, 2.05) is 79.7 Å². The number of halogens is 1. The van der Waals surface area contributed by atoms with Gasteiger partial charge >= 0.3 is 12.0 Å². The molecule has 2 amide bonds. The summed E-state index contributed by atoms with van der Waals surface area (Å²) in [5, 5.41) is 11.9. The lowest BCUT2D eigenvalue weighted by Crippen LogP contribution is -2.40. The maximum Gasteiger partial charge on any atom is 0.322 e. The van der Waals surface area contributed by atoms with Crippen molar-refractivity contribution in [3.8, 4) is 0 Å². The number of hydrogen-bond donors (Lipinski definition) is 2. The number of nitrogens with zero attached hydrogens (tertiary/aromatic N) is 1. The molecule has 194 valence electrons. The highest BCUT2D eigenvalue weighted by Gasteiger charge is 2.20. The van der Waals surface area contributed by atoms with E-state index in [-0.39, 0.29) is 23.9 Å². The molecule has 3 aromatic carbocycles. The van der Waals surface area contributed by atoms with E-state index in [1.54, 1.807) is 4.90 Å². The third-order valence-corrected chi connectivity index (χ3v) is 6.68. The van der Waals surface area contributed by atoms with E-state index in [1.165, 1.54) is 5.56 Å². The van der Waals surface area contributed by atoms with Crippen molar-refractivity contribution in [3.63, 3.8) is 0 Å². The standard InChI is InChI=1S/C31H35BrN2O3/c1-22(25-13-17-27(32)18-14-25)33-30(37)34(28-19-15-26(16-20-28)31(2,3)4)21-24-11-9-23(10-12-24)7-5-6-8-29(35)36/h5,7,9-20,22H,6,8,21H2,1-4H3,(H,33,37)(H,35,36)/b7-5+. The first kappa shape index (κ1) is 28.2. The average Bonchev–Trinajstić information content (AvgIpc) is 2.85. The van der Waals surface area contributed by atoms with Crippen LogP contribution in [0, 0.1) is 0 Å². The van der Waals surface area contributed by atoms with Crippen LogP contribution in [0.5, 0.6) is 0 Å². The van der Waals surface area contributed by atoms with Crippen LogP contribution < -0.4 is 10.2 Å². The van der Waals surface area contributed by atoms with Gasteiger partial charge in [0.15, 0.2) is 0 Å². The van der Waals surface area contributed by atoms with Gasteiger partial charge in [-0.3, -0.25) is 9.69 Å². The Hall–Kier alpha value is -3.38. The second-order valence-corrected chi connectivity index (χ2v) is 11.1. The average molecular weight is 564 g/mol. The molecule has 0 fully saturated rings. The molecule has 0 aliphatic rings. The molecule has 6 heteroatoms. The number of carboxylic acid groups (broad SMARTS) is 1. The molecule has 1 unspecified atom stereocenters. The first-order valence-corrected chi connectivity index (χ1v) is 13.2. The van der Waals surface area contributed by atoms with Crippen LogP contribution in [-0.4, -0.2) is 17.1 Å². The smallest absolute Gasteiger partial charge is 0.322 e. The van der Waals surface area contributed by atoms with Crippen molar-refractivity contribution < 1.29 is 14.7 Å². The van der Waals surface area contributed by atoms with E-state index in [4.69, 9.17) is 5.11 Å². The molecule has 0 radical (unpaired) electrons. The van der Waals surface area contributed by atoms with Crippen molar-refractivity contribution in [2.45, 2.75) is 58.5 Å². The highest BCUT2D eigenvalue weighted by atomic mass is 79.9. The summed E-state index contributed by atoms with van der Waals surface area (Å²) in [4.78, 5) is 26.0. The van der Waals surface area contributed by atoms with Crippen molar-refractivity contribution in [2.24, 2.45) is 0 Å². The number of carboxylic acids is 1. The fourth-order valence-electron chi connectivity index (χ4n) is 3.86. The Morgan fingerprint density at radius 2 is 1.59 bits per heavy atom. The van der Waals surface area contributed by atoms with Crippen molar-refractivity contribution in [2.75, 3.05) is 4.90 Å². The summed E-state index contributed by atoms with van der Waals surface area (Å²) in [7, 11) is 0. The molecule has 3 rings (SSSR count). The Bertz CT molecular complexity index is 1210. The van der Waals surface area contributed by atoms with Crippen molar-refractivity contribution in [1.29, 1.82) is 0 Å². The molecule has 0 aliphatic carbocycles. The molecule has 0 heterocycles. The molecule has 5 nitrogen and oxygen atoms in total. The van der Waals surface area contributed by atoms with Gasteiger partial charge in [0, 0.05) is 16.6 Å². The number of carbonyl (C=O) groups is 2. The summed E-state index contributed by atoms with van der Waals surface area (Å²) < 4.78 is 0.996. The van der Waals surface area contributed by atoms with E-state index >= 15 is 0 Å². The molecule has 0 spiro atoms. The normalized spacial score (nSPS) is 12.4. The van der Waals surface area contributed by atoms with E-state index < -0.39 is 5.97 Å². The van der Waals surface area contributed by atoms with Gasteiger partial charge in [-0.2, -0.15) is 0 Å². The SMILES string of the molecule is CC(NC(=O)N(Cc1ccc(/C=C/CCC(=O)O)cc1)c1ccc(C(C)(C)C)cc1)c1ccc(Br)cc1. The van der Waals surface area contributed by atoms with Gasteiger partial charge in [0.05, 0.1) is 12.6 Å². The zero-order chi connectivity index (χ0) is 27.0. The summed E-state index contributed by atoms with van der Waals surface area (Å²) in [6, 6.07) is 23.7. The molecule has 0 bridgehead atoms. The maximum absolute atomic E-state index is 13.5. The van der Waals surface area contributed by atoms with Crippen LogP contribution in [0.3, 0.4) is 0 Å². The van der Waals surface area contributed by atoms with Crippen LogP contribution >= 0.6 is 15.9 Å². The summed E-state index contributed by atoms with van der Waals surface area (Å²) >= 11 is 3.46. The van der Waals surface area contributed by atoms with Crippen molar-refractivity contribution in [1.82, 2.24) is 5.32 Å². The number of carbonyl (C=O) groups excluding carboxylic acids is 1. The quantitative estimate of drug-likeness (QED) is 0.276. The van der Waals surface area contributed by atoms with Crippen LogP contribution in [0.25, 0.3) is 6.08 Å². The van der Waals surface area contributed by atoms with Gasteiger partial charge in [-0.05, 0) is 65.3 Å². The highest BCUT2D eigenvalue weighted by molar-refractivity contribution is 9.10. The molecule has 0 aromatic heterocycles. The number of urea groups is 1. The van der Waals surface area contributed by atoms with Crippen molar-refractivity contribution >= 4 is 39.7 Å². The minimum Gasteiger partial charge on any atom is -0.481 e. The second kappa shape index (κ2) is 12.7.